The topological polar surface area (TPSA) is 58.4 Å². The van der Waals surface area contributed by atoms with E-state index in [1.54, 1.807) is 4.90 Å². The van der Waals surface area contributed by atoms with E-state index in [-0.39, 0.29) is 5.91 Å². The minimum Gasteiger partial charge on any atom is -0.387 e. The van der Waals surface area contributed by atoms with Gasteiger partial charge in [-0.2, -0.15) is 0 Å². The normalized spacial score (nSPS) is 15.7. The third kappa shape index (κ3) is 2.88. The van der Waals surface area contributed by atoms with Crippen LogP contribution in [0.1, 0.15) is 23.4 Å². The average Bonchev–Trinajstić information content (AvgIpc) is 3.27. The van der Waals surface area contributed by atoms with Gasteiger partial charge in [0.15, 0.2) is 0 Å². The van der Waals surface area contributed by atoms with Crippen LogP contribution in [-0.4, -0.2) is 45.2 Å². The maximum Gasteiger partial charge on any atom is 0.248 e. The van der Waals surface area contributed by atoms with Gasteiger partial charge in [0.1, 0.15) is 12.4 Å². The Labute approximate surface area is 184 Å². The lowest BCUT2D eigenvalue weighted by Gasteiger charge is -2.29. The molecule has 3 aromatic rings. The molecule has 5 rings (SSSR count). The van der Waals surface area contributed by atoms with Crippen molar-refractivity contribution in [2.75, 3.05) is 19.7 Å². The summed E-state index contributed by atoms with van der Waals surface area (Å²) in [5.74, 6) is 0.709. The van der Waals surface area contributed by atoms with Crippen molar-refractivity contribution in [1.82, 2.24) is 14.5 Å². The summed E-state index contributed by atoms with van der Waals surface area (Å²) in [7, 11) is 2.01. The van der Waals surface area contributed by atoms with Crippen molar-refractivity contribution in [3.05, 3.63) is 56.8 Å². The van der Waals surface area contributed by atoms with Gasteiger partial charge in [-0.15, -0.1) is 0 Å². The van der Waals surface area contributed by atoms with Gasteiger partial charge in [-0.05, 0) is 65.8 Å². The molecule has 1 amide bonds. The van der Waals surface area contributed by atoms with Crippen molar-refractivity contribution in [2.45, 2.75) is 19.8 Å². The monoisotopic (exact) mass is 441 g/mol. The van der Waals surface area contributed by atoms with E-state index in [0.717, 1.165) is 57.5 Å². The molecule has 1 N–H and O–H groups in total. The molecule has 0 spiro atoms. The van der Waals surface area contributed by atoms with Crippen molar-refractivity contribution in [1.29, 1.82) is 0 Å². The van der Waals surface area contributed by atoms with Gasteiger partial charge in [-0.3, -0.25) is 4.79 Å². The molecule has 0 saturated heterocycles. The highest BCUT2D eigenvalue weighted by atomic mass is 35.5. The van der Waals surface area contributed by atoms with E-state index < -0.39 is 6.61 Å². The second-order valence-corrected chi connectivity index (χ2v) is 8.76. The van der Waals surface area contributed by atoms with E-state index in [1.165, 1.54) is 5.57 Å². The van der Waals surface area contributed by atoms with Crippen LogP contribution in [-0.2, 0) is 18.3 Å². The van der Waals surface area contributed by atoms with Crippen LogP contribution in [0.15, 0.2) is 29.8 Å². The zero-order valence-corrected chi connectivity index (χ0v) is 18.3. The number of carbonyl (C=O) groups is 1. The Morgan fingerprint density at radius 2 is 2.07 bits per heavy atom. The molecule has 2 heterocycles. The Morgan fingerprint density at radius 1 is 1.27 bits per heavy atom. The lowest BCUT2D eigenvalue weighted by molar-refractivity contribution is -0.133. The minimum absolute atomic E-state index is 0.247. The van der Waals surface area contributed by atoms with Crippen molar-refractivity contribution in [3.8, 4) is 11.1 Å². The molecule has 1 aliphatic carbocycles. The van der Waals surface area contributed by atoms with Gasteiger partial charge in [0.05, 0.1) is 21.1 Å². The van der Waals surface area contributed by atoms with Crippen molar-refractivity contribution >= 4 is 45.7 Å². The smallest absolute Gasteiger partial charge is 0.248 e. The first-order valence-corrected chi connectivity index (χ1v) is 10.7. The number of aryl methyl sites for hydroxylation is 2. The van der Waals surface area contributed by atoms with Crippen LogP contribution < -0.4 is 0 Å². The average molecular weight is 442 g/mol. The van der Waals surface area contributed by atoms with Crippen LogP contribution in [0.4, 0.5) is 0 Å². The first-order chi connectivity index (χ1) is 14.4. The number of fused-ring (bicyclic) bond motifs is 3. The Kier molecular flexibility index (Phi) is 4.65. The fraction of sp³-hybridized carbons (Fsp3) is 0.304. The standard InChI is InChI=1S/C23H21Cl2N3O2/c1-12-26-19-4-3-13(8-20(19)27(12)2)15-9-18(24)23(25)16-7-14-5-6-28(21(30)11-29)10-17(14)22(15)16/h3-4,8-9,29H,5-7,10-11H2,1-2H3. The summed E-state index contributed by atoms with van der Waals surface area (Å²) >= 11 is 13.2. The highest BCUT2D eigenvalue weighted by molar-refractivity contribution is 6.43. The Balaban J connectivity index is 1.70. The molecule has 0 atom stereocenters. The molecule has 0 saturated carbocycles. The number of hydrogen-bond acceptors (Lipinski definition) is 3. The molecule has 0 unspecified atom stereocenters. The molecular weight excluding hydrogens is 421 g/mol. The SMILES string of the molecule is Cc1nc2ccc(-c3cc(Cl)c(Cl)c4c3C3=C(CCN(C(=O)CO)C3)C4)cc2n1C. The number of hydrogen-bond donors (Lipinski definition) is 1. The number of rotatable bonds is 2. The molecule has 1 aliphatic heterocycles. The summed E-state index contributed by atoms with van der Waals surface area (Å²) in [4.78, 5) is 18.4. The molecular formula is C23H21Cl2N3O2. The highest BCUT2D eigenvalue weighted by Crippen LogP contribution is 2.48. The Morgan fingerprint density at radius 3 is 2.83 bits per heavy atom. The van der Waals surface area contributed by atoms with Gasteiger partial charge >= 0.3 is 0 Å². The number of aromatic nitrogens is 2. The lowest BCUT2D eigenvalue weighted by atomic mass is 9.92. The zero-order valence-electron chi connectivity index (χ0n) is 16.8. The largest absolute Gasteiger partial charge is 0.387 e. The van der Waals surface area contributed by atoms with Gasteiger partial charge in [0, 0.05) is 20.1 Å². The predicted molar refractivity (Wildman–Crippen MR) is 120 cm³/mol. The van der Waals surface area contributed by atoms with E-state index >= 15 is 0 Å². The fourth-order valence-corrected chi connectivity index (χ4v) is 5.11. The number of halogens is 2. The van der Waals surface area contributed by atoms with Gasteiger partial charge in [-0.1, -0.05) is 34.8 Å². The van der Waals surface area contributed by atoms with Gasteiger partial charge < -0.3 is 14.6 Å². The van der Waals surface area contributed by atoms with Crippen molar-refractivity contribution < 1.29 is 9.90 Å². The van der Waals surface area contributed by atoms with E-state index in [1.807, 2.05) is 26.1 Å². The summed E-state index contributed by atoms with van der Waals surface area (Å²) in [5.41, 5.74) is 8.60. The van der Waals surface area contributed by atoms with E-state index in [0.29, 0.717) is 23.1 Å². The highest BCUT2D eigenvalue weighted by Gasteiger charge is 2.33. The van der Waals surface area contributed by atoms with Gasteiger partial charge in [0.2, 0.25) is 5.91 Å². The zero-order chi connectivity index (χ0) is 21.2. The summed E-state index contributed by atoms with van der Waals surface area (Å²) in [6.45, 7) is 2.62. The maximum atomic E-state index is 12.1. The predicted octanol–water partition coefficient (Wildman–Crippen LogP) is 4.39. The Bertz CT molecular complexity index is 1260. The summed E-state index contributed by atoms with van der Waals surface area (Å²) in [6, 6.07) is 8.15. The second-order valence-electron chi connectivity index (χ2n) is 7.98. The fourth-order valence-electron chi connectivity index (χ4n) is 4.67. The van der Waals surface area contributed by atoms with Crippen LogP contribution in [0.3, 0.4) is 0 Å². The number of nitrogens with zero attached hydrogens (tertiary/aromatic N) is 3. The molecule has 0 radical (unpaired) electrons. The summed E-state index contributed by atoms with van der Waals surface area (Å²) in [6.07, 6.45) is 1.54. The molecule has 1 aromatic heterocycles. The van der Waals surface area contributed by atoms with Crippen LogP contribution >= 0.6 is 23.2 Å². The van der Waals surface area contributed by atoms with Crippen LogP contribution in [0.2, 0.25) is 10.0 Å². The first-order valence-electron chi connectivity index (χ1n) is 9.93. The van der Waals surface area contributed by atoms with Gasteiger partial charge in [-0.25, -0.2) is 4.98 Å². The number of aliphatic hydroxyl groups is 1. The third-order valence-corrected chi connectivity index (χ3v) is 7.20. The van der Waals surface area contributed by atoms with E-state index in [2.05, 4.69) is 21.7 Å². The molecule has 7 heteroatoms. The first kappa shape index (κ1) is 19.6. The molecule has 0 bridgehead atoms. The second kappa shape index (κ2) is 7.12. The molecule has 5 nitrogen and oxygen atoms in total. The molecule has 2 aliphatic rings. The molecule has 154 valence electrons. The molecule has 0 fully saturated rings. The van der Waals surface area contributed by atoms with E-state index in [9.17, 15) is 9.90 Å². The van der Waals surface area contributed by atoms with Gasteiger partial charge in [0.25, 0.3) is 0 Å². The maximum absolute atomic E-state index is 12.1. The number of aliphatic hydroxyl groups excluding tert-OH is 1. The van der Waals surface area contributed by atoms with Crippen LogP contribution in [0, 0.1) is 6.92 Å². The van der Waals surface area contributed by atoms with Crippen molar-refractivity contribution in [3.63, 3.8) is 0 Å². The van der Waals surface area contributed by atoms with E-state index in [4.69, 9.17) is 23.2 Å². The third-order valence-electron chi connectivity index (χ3n) is 6.37. The number of benzene rings is 2. The Hall–Kier alpha value is -2.34. The summed E-state index contributed by atoms with van der Waals surface area (Å²) in [5, 5.41) is 10.4. The quantitative estimate of drug-likeness (QED) is 0.641. The van der Waals surface area contributed by atoms with Crippen LogP contribution in [0.25, 0.3) is 27.7 Å². The minimum atomic E-state index is -0.472. The molecule has 30 heavy (non-hydrogen) atoms. The summed E-state index contributed by atoms with van der Waals surface area (Å²) < 4.78 is 2.07. The number of amides is 1. The van der Waals surface area contributed by atoms with Crippen LogP contribution in [0.5, 0.6) is 0 Å². The molecule has 2 aromatic carbocycles. The number of imidazole rings is 1. The number of carbonyl (C=O) groups excluding carboxylic acids is 1. The van der Waals surface area contributed by atoms with Crippen molar-refractivity contribution in [2.24, 2.45) is 7.05 Å². The lowest BCUT2D eigenvalue weighted by Crippen LogP contribution is -2.37.